The number of nitrogens with zero attached hydrogens (tertiary/aromatic N) is 5. The van der Waals surface area contributed by atoms with Crippen molar-refractivity contribution in [3.05, 3.63) is 66.2 Å². The molecule has 154 valence electrons. The van der Waals surface area contributed by atoms with Crippen LogP contribution >= 0.6 is 0 Å². The van der Waals surface area contributed by atoms with Crippen molar-refractivity contribution >= 4 is 22.2 Å². The van der Waals surface area contributed by atoms with Crippen molar-refractivity contribution in [1.29, 1.82) is 0 Å². The Morgan fingerprint density at radius 3 is 2.57 bits per heavy atom. The van der Waals surface area contributed by atoms with Crippen LogP contribution < -0.4 is 9.80 Å². The normalized spacial score (nSPS) is 15.9. The predicted molar refractivity (Wildman–Crippen MR) is 106 cm³/mol. The lowest BCUT2D eigenvalue weighted by Crippen LogP contribution is -3.13. The van der Waals surface area contributed by atoms with E-state index in [1.54, 1.807) is 12.4 Å². The van der Waals surface area contributed by atoms with Gasteiger partial charge in [0, 0.05) is 11.1 Å². The van der Waals surface area contributed by atoms with Gasteiger partial charge in [0.05, 0.1) is 37.3 Å². The Hall–Kier alpha value is -3.20. The Morgan fingerprint density at radius 1 is 0.967 bits per heavy atom. The number of alkyl halides is 3. The predicted octanol–water partition coefficient (Wildman–Crippen LogP) is 2.20. The standard InChI is InChI=1S/C21H19F3N6/c22-21(23,24)15-4-3-5-16(12-15)29-10-8-28(9-11-29)13-19-26-27-20-17-6-1-2-7-18(17)25-14-30(19)20/h1-7,12,14H,8-11,13H2/p+1. The summed E-state index contributed by atoms with van der Waals surface area (Å²) in [6, 6.07) is 13.4. The SMILES string of the molecule is FC(F)(F)c1cccc(N2CC[NH+](Cc3nnc4c5ccccc5ncn34)CC2)c1. The first-order chi connectivity index (χ1) is 14.5. The van der Waals surface area contributed by atoms with Crippen molar-refractivity contribution in [2.45, 2.75) is 12.7 Å². The highest BCUT2D eigenvalue weighted by Crippen LogP contribution is 2.31. The van der Waals surface area contributed by atoms with Crippen molar-refractivity contribution in [1.82, 2.24) is 19.6 Å². The molecule has 0 amide bonds. The van der Waals surface area contributed by atoms with Crippen molar-refractivity contribution in [2.75, 3.05) is 31.1 Å². The number of halogens is 3. The summed E-state index contributed by atoms with van der Waals surface area (Å²) in [7, 11) is 0. The lowest BCUT2D eigenvalue weighted by molar-refractivity contribution is -0.915. The van der Waals surface area contributed by atoms with E-state index in [0.29, 0.717) is 25.3 Å². The van der Waals surface area contributed by atoms with Crippen molar-refractivity contribution < 1.29 is 18.1 Å². The van der Waals surface area contributed by atoms with Crippen LogP contribution in [-0.2, 0) is 12.7 Å². The molecule has 1 N–H and O–H groups in total. The van der Waals surface area contributed by atoms with Gasteiger partial charge in [0.25, 0.3) is 0 Å². The summed E-state index contributed by atoms with van der Waals surface area (Å²) < 4.78 is 40.9. The maximum atomic E-state index is 13.0. The second-order valence-corrected chi connectivity index (χ2v) is 7.53. The van der Waals surface area contributed by atoms with E-state index in [4.69, 9.17) is 0 Å². The van der Waals surface area contributed by atoms with Crippen LogP contribution in [0.4, 0.5) is 18.9 Å². The zero-order valence-electron chi connectivity index (χ0n) is 16.1. The van der Waals surface area contributed by atoms with Gasteiger partial charge < -0.3 is 9.80 Å². The Balaban J connectivity index is 1.29. The largest absolute Gasteiger partial charge is 0.416 e. The van der Waals surface area contributed by atoms with Gasteiger partial charge in [-0.25, -0.2) is 4.98 Å². The first-order valence-corrected chi connectivity index (χ1v) is 9.82. The van der Waals surface area contributed by atoms with Crippen LogP contribution in [0.25, 0.3) is 16.6 Å². The number of aromatic nitrogens is 4. The zero-order chi connectivity index (χ0) is 20.7. The molecule has 1 fully saturated rings. The molecule has 1 saturated heterocycles. The van der Waals surface area contributed by atoms with Gasteiger partial charge in [-0.15, -0.1) is 10.2 Å². The molecule has 3 heterocycles. The maximum absolute atomic E-state index is 13.0. The van der Waals surface area contributed by atoms with Crippen LogP contribution in [-0.4, -0.2) is 45.8 Å². The molecule has 30 heavy (non-hydrogen) atoms. The number of hydrogen-bond acceptors (Lipinski definition) is 4. The molecule has 0 atom stereocenters. The van der Waals surface area contributed by atoms with Gasteiger partial charge in [-0.3, -0.25) is 4.40 Å². The minimum Gasteiger partial charge on any atom is -0.360 e. The number of para-hydroxylation sites is 1. The van der Waals surface area contributed by atoms with Gasteiger partial charge >= 0.3 is 6.18 Å². The maximum Gasteiger partial charge on any atom is 0.416 e. The van der Waals surface area contributed by atoms with Gasteiger partial charge in [0.2, 0.25) is 0 Å². The molecule has 2 aromatic carbocycles. The monoisotopic (exact) mass is 413 g/mol. The van der Waals surface area contributed by atoms with E-state index in [0.717, 1.165) is 41.5 Å². The molecule has 0 unspecified atom stereocenters. The van der Waals surface area contributed by atoms with E-state index < -0.39 is 11.7 Å². The molecule has 4 aromatic rings. The fourth-order valence-corrected chi connectivity index (χ4v) is 4.00. The number of anilines is 1. The van der Waals surface area contributed by atoms with E-state index in [2.05, 4.69) is 15.2 Å². The summed E-state index contributed by atoms with van der Waals surface area (Å²) in [5.41, 5.74) is 1.68. The number of nitrogens with one attached hydrogen (secondary N) is 1. The molecule has 9 heteroatoms. The van der Waals surface area contributed by atoms with E-state index in [1.807, 2.05) is 33.6 Å². The number of piperazine rings is 1. The highest BCUT2D eigenvalue weighted by atomic mass is 19.4. The second-order valence-electron chi connectivity index (χ2n) is 7.53. The number of fused-ring (bicyclic) bond motifs is 3. The Kier molecular flexibility index (Phi) is 4.54. The molecule has 0 saturated carbocycles. The van der Waals surface area contributed by atoms with E-state index in [1.165, 1.54) is 17.0 Å². The summed E-state index contributed by atoms with van der Waals surface area (Å²) in [6.07, 6.45) is -2.57. The molecule has 0 spiro atoms. The molecule has 6 nitrogen and oxygen atoms in total. The molecule has 2 aromatic heterocycles. The van der Waals surface area contributed by atoms with Crippen LogP contribution in [0.1, 0.15) is 11.4 Å². The molecular formula is C21H20F3N6+. The topological polar surface area (TPSA) is 50.8 Å². The second kappa shape index (κ2) is 7.24. The number of quaternary nitrogens is 1. The smallest absolute Gasteiger partial charge is 0.360 e. The van der Waals surface area contributed by atoms with Crippen LogP contribution in [0, 0.1) is 0 Å². The lowest BCUT2D eigenvalue weighted by Gasteiger charge is -2.33. The first-order valence-electron chi connectivity index (χ1n) is 9.82. The van der Waals surface area contributed by atoms with Gasteiger partial charge in [0.15, 0.2) is 11.5 Å². The molecule has 1 aliphatic rings. The summed E-state index contributed by atoms with van der Waals surface area (Å²) >= 11 is 0. The van der Waals surface area contributed by atoms with Gasteiger partial charge in [-0.1, -0.05) is 18.2 Å². The van der Waals surface area contributed by atoms with E-state index >= 15 is 0 Å². The minimum absolute atomic E-state index is 0.607. The summed E-state index contributed by atoms with van der Waals surface area (Å²) in [4.78, 5) is 7.82. The minimum atomic E-state index is -4.32. The first kappa shape index (κ1) is 18.8. The number of benzene rings is 2. The number of rotatable bonds is 3. The van der Waals surface area contributed by atoms with E-state index in [-0.39, 0.29) is 0 Å². The quantitative estimate of drug-likeness (QED) is 0.560. The van der Waals surface area contributed by atoms with Crippen LogP contribution in [0.15, 0.2) is 54.9 Å². The zero-order valence-corrected chi connectivity index (χ0v) is 16.1. The van der Waals surface area contributed by atoms with E-state index in [9.17, 15) is 13.2 Å². The highest BCUT2D eigenvalue weighted by molar-refractivity contribution is 5.90. The average molecular weight is 413 g/mol. The fourth-order valence-electron chi connectivity index (χ4n) is 4.00. The van der Waals surface area contributed by atoms with Crippen LogP contribution in [0.3, 0.4) is 0 Å². The Labute approximate surface area is 170 Å². The summed E-state index contributed by atoms with van der Waals surface area (Å²) in [6.45, 7) is 3.69. The Bertz CT molecular complexity index is 1190. The van der Waals surface area contributed by atoms with Gasteiger partial charge in [-0.05, 0) is 30.3 Å². The molecular weight excluding hydrogens is 393 g/mol. The average Bonchev–Trinajstić information content (AvgIpc) is 3.17. The molecule has 5 rings (SSSR count). The van der Waals surface area contributed by atoms with Crippen molar-refractivity contribution in [2.24, 2.45) is 0 Å². The highest BCUT2D eigenvalue weighted by Gasteiger charge is 2.31. The van der Waals surface area contributed by atoms with Gasteiger partial charge in [-0.2, -0.15) is 13.2 Å². The number of hydrogen-bond donors (Lipinski definition) is 1. The summed E-state index contributed by atoms with van der Waals surface area (Å²) in [5, 5.41) is 9.68. The van der Waals surface area contributed by atoms with Crippen molar-refractivity contribution in [3.63, 3.8) is 0 Å². The third-order valence-electron chi connectivity index (χ3n) is 5.64. The van der Waals surface area contributed by atoms with Crippen LogP contribution in [0.5, 0.6) is 0 Å². The summed E-state index contributed by atoms with van der Waals surface area (Å²) in [5.74, 6) is 0.839. The molecule has 1 aliphatic heterocycles. The van der Waals surface area contributed by atoms with Crippen LogP contribution in [0.2, 0.25) is 0 Å². The Morgan fingerprint density at radius 2 is 1.77 bits per heavy atom. The lowest BCUT2D eigenvalue weighted by atomic mass is 10.1. The van der Waals surface area contributed by atoms with Gasteiger partial charge in [0.1, 0.15) is 12.9 Å². The third kappa shape index (κ3) is 3.45. The molecule has 0 aliphatic carbocycles. The third-order valence-corrected chi connectivity index (χ3v) is 5.64. The molecule has 0 bridgehead atoms. The molecule has 0 radical (unpaired) electrons. The van der Waals surface area contributed by atoms with Crippen molar-refractivity contribution in [3.8, 4) is 0 Å². The fraction of sp³-hybridized carbons (Fsp3) is 0.286.